The summed E-state index contributed by atoms with van der Waals surface area (Å²) in [5.74, 6) is 2.09. The molecule has 1 amide bonds. The number of hydrogen-bond donors (Lipinski definition) is 1. The number of hydrogen-bond acceptors (Lipinski definition) is 5. The molecule has 1 saturated carbocycles. The van der Waals surface area contributed by atoms with Crippen molar-refractivity contribution in [3.05, 3.63) is 52.8 Å². The van der Waals surface area contributed by atoms with E-state index in [4.69, 9.17) is 0 Å². The number of pyridine rings is 1. The van der Waals surface area contributed by atoms with E-state index in [0.717, 1.165) is 43.9 Å². The lowest BCUT2D eigenvalue weighted by molar-refractivity contribution is -0.122. The minimum Gasteiger partial charge on any atom is -0.354 e. The van der Waals surface area contributed by atoms with Crippen molar-refractivity contribution >= 4 is 11.7 Å². The van der Waals surface area contributed by atoms with Gasteiger partial charge in [0.05, 0.1) is 12.2 Å². The van der Waals surface area contributed by atoms with Crippen LogP contribution in [-0.2, 0) is 4.79 Å². The van der Waals surface area contributed by atoms with E-state index < -0.39 is 0 Å². The van der Waals surface area contributed by atoms with Crippen LogP contribution in [0.5, 0.6) is 0 Å². The topological polar surface area (TPSA) is 80.1 Å². The Labute approximate surface area is 176 Å². The normalized spacial score (nSPS) is 25.7. The summed E-state index contributed by atoms with van der Waals surface area (Å²) in [7, 11) is 0. The van der Waals surface area contributed by atoms with E-state index in [0.29, 0.717) is 18.9 Å². The van der Waals surface area contributed by atoms with Crippen molar-refractivity contribution in [1.82, 2.24) is 19.9 Å². The largest absolute Gasteiger partial charge is 0.354 e. The van der Waals surface area contributed by atoms with Gasteiger partial charge in [0.25, 0.3) is 5.56 Å². The molecule has 1 N–H and O–H groups in total. The lowest BCUT2D eigenvalue weighted by Crippen LogP contribution is -2.52. The monoisotopic (exact) mass is 407 g/mol. The van der Waals surface area contributed by atoms with E-state index in [2.05, 4.69) is 26.3 Å². The van der Waals surface area contributed by atoms with Crippen molar-refractivity contribution in [2.24, 2.45) is 11.8 Å². The summed E-state index contributed by atoms with van der Waals surface area (Å²) < 4.78 is 1.95. The molecule has 7 nitrogen and oxygen atoms in total. The van der Waals surface area contributed by atoms with Gasteiger partial charge in [0.2, 0.25) is 5.91 Å². The van der Waals surface area contributed by atoms with Gasteiger partial charge in [-0.2, -0.15) is 0 Å². The third-order valence-electron chi connectivity index (χ3n) is 7.13. The third kappa shape index (κ3) is 3.73. The number of anilines is 1. The van der Waals surface area contributed by atoms with Crippen LogP contribution in [0.3, 0.4) is 0 Å². The standard InChI is InChI=1S/C23H29N5O2/c29-22(10-16-4-1-2-5-16)26-12-20-18-11-17(19-6-3-7-23(30)28(19)20)14-27(15-18)21-13-24-8-9-25-21/h3,6-9,13,16-18,20H,1-2,4-5,10-12,14-15H2,(H,26,29)/t17-,18+,20+/m1/s1. The van der Waals surface area contributed by atoms with Crippen LogP contribution in [0, 0.1) is 11.8 Å². The molecule has 0 unspecified atom stereocenters. The molecular formula is C23H29N5O2. The van der Waals surface area contributed by atoms with Gasteiger partial charge in [-0.25, -0.2) is 4.98 Å². The van der Waals surface area contributed by atoms with E-state index in [-0.39, 0.29) is 29.3 Å². The van der Waals surface area contributed by atoms with Crippen molar-refractivity contribution in [3.8, 4) is 0 Å². The number of amides is 1. The summed E-state index contributed by atoms with van der Waals surface area (Å²) in [6, 6.07) is 5.52. The lowest BCUT2D eigenvalue weighted by atomic mass is 9.78. The highest BCUT2D eigenvalue weighted by Crippen LogP contribution is 2.41. The maximum absolute atomic E-state index is 12.8. The Bertz CT molecular complexity index is 954. The van der Waals surface area contributed by atoms with Crippen molar-refractivity contribution < 1.29 is 4.79 Å². The van der Waals surface area contributed by atoms with E-state index >= 15 is 0 Å². The quantitative estimate of drug-likeness (QED) is 0.824. The molecule has 2 fully saturated rings. The van der Waals surface area contributed by atoms with Crippen molar-refractivity contribution in [1.29, 1.82) is 0 Å². The highest BCUT2D eigenvalue weighted by atomic mass is 16.1. The van der Waals surface area contributed by atoms with Gasteiger partial charge in [0, 0.05) is 56.1 Å². The van der Waals surface area contributed by atoms with Gasteiger partial charge in [-0.05, 0) is 37.2 Å². The van der Waals surface area contributed by atoms with Gasteiger partial charge in [-0.15, -0.1) is 0 Å². The zero-order valence-electron chi connectivity index (χ0n) is 17.2. The Morgan fingerprint density at radius 3 is 2.83 bits per heavy atom. The van der Waals surface area contributed by atoms with Gasteiger partial charge in [0.1, 0.15) is 5.82 Å². The molecule has 1 saturated heterocycles. The smallest absolute Gasteiger partial charge is 0.251 e. The Kier molecular flexibility index (Phi) is 5.27. The van der Waals surface area contributed by atoms with E-state index in [9.17, 15) is 9.59 Å². The van der Waals surface area contributed by atoms with Crippen LogP contribution in [-0.4, -0.2) is 40.1 Å². The van der Waals surface area contributed by atoms with Crippen LogP contribution in [0.2, 0.25) is 0 Å². The van der Waals surface area contributed by atoms with E-state index in [1.807, 2.05) is 10.6 Å². The second kappa shape index (κ2) is 8.20. The van der Waals surface area contributed by atoms with Crippen LogP contribution < -0.4 is 15.8 Å². The molecule has 0 radical (unpaired) electrons. The second-order valence-electron chi connectivity index (χ2n) is 9.05. The Morgan fingerprint density at radius 1 is 1.17 bits per heavy atom. The average Bonchev–Trinajstić information content (AvgIpc) is 3.27. The first-order valence-corrected chi connectivity index (χ1v) is 11.2. The Hall–Kier alpha value is -2.70. The zero-order chi connectivity index (χ0) is 20.5. The molecule has 3 aliphatic rings. The van der Waals surface area contributed by atoms with Crippen molar-refractivity contribution in [2.45, 2.75) is 50.5 Å². The summed E-state index contributed by atoms with van der Waals surface area (Å²) in [4.78, 5) is 36.4. The molecular weight excluding hydrogens is 378 g/mol. The molecule has 2 aliphatic heterocycles. The highest BCUT2D eigenvalue weighted by molar-refractivity contribution is 5.76. The fourth-order valence-corrected chi connectivity index (χ4v) is 5.71. The molecule has 0 aromatic carbocycles. The summed E-state index contributed by atoms with van der Waals surface area (Å²) in [5, 5.41) is 3.16. The van der Waals surface area contributed by atoms with Crippen molar-refractivity contribution in [2.75, 3.05) is 24.5 Å². The molecule has 7 heteroatoms. The summed E-state index contributed by atoms with van der Waals surface area (Å²) >= 11 is 0. The Morgan fingerprint density at radius 2 is 2.03 bits per heavy atom. The molecule has 30 heavy (non-hydrogen) atoms. The highest BCUT2D eigenvalue weighted by Gasteiger charge is 2.41. The number of carbonyl (C=O) groups is 1. The first kappa shape index (κ1) is 19.3. The number of rotatable bonds is 5. The minimum absolute atomic E-state index is 0.0306. The molecule has 4 heterocycles. The van der Waals surface area contributed by atoms with Gasteiger partial charge in [0.15, 0.2) is 0 Å². The van der Waals surface area contributed by atoms with Crippen LogP contribution in [0.4, 0.5) is 5.82 Å². The third-order valence-corrected chi connectivity index (χ3v) is 7.13. The molecule has 5 rings (SSSR count). The van der Waals surface area contributed by atoms with Gasteiger partial charge in [-0.1, -0.05) is 18.9 Å². The molecule has 158 valence electrons. The van der Waals surface area contributed by atoms with E-state index in [1.165, 1.54) is 12.8 Å². The summed E-state index contributed by atoms with van der Waals surface area (Å²) in [6.07, 6.45) is 11.7. The predicted molar refractivity (Wildman–Crippen MR) is 114 cm³/mol. The van der Waals surface area contributed by atoms with Crippen LogP contribution in [0.15, 0.2) is 41.6 Å². The number of aromatic nitrogens is 3. The molecule has 2 bridgehead atoms. The number of piperidine rings is 1. The predicted octanol–water partition coefficient (Wildman–Crippen LogP) is 2.50. The number of fused-ring (bicyclic) bond motifs is 4. The molecule has 0 spiro atoms. The summed E-state index contributed by atoms with van der Waals surface area (Å²) in [5.41, 5.74) is 1.10. The Balaban J connectivity index is 1.37. The van der Waals surface area contributed by atoms with Crippen molar-refractivity contribution in [3.63, 3.8) is 0 Å². The lowest BCUT2D eigenvalue weighted by Gasteiger charge is -2.47. The van der Waals surface area contributed by atoms with E-state index in [1.54, 1.807) is 24.7 Å². The first-order valence-electron chi connectivity index (χ1n) is 11.2. The first-order chi connectivity index (χ1) is 14.7. The summed E-state index contributed by atoms with van der Waals surface area (Å²) in [6.45, 7) is 2.16. The second-order valence-corrected chi connectivity index (χ2v) is 9.05. The number of nitrogens with one attached hydrogen (secondary N) is 1. The molecule has 2 aromatic rings. The molecule has 2 aromatic heterocycles. The van der Waals surface area contributed by atoms with Gasteiger partial charge < -0.3 is 14.8 Å². The fraction of sp³-hybridized carbons (Fsp3) is 0.565. The number of carbonyl (C=O) groups excluding carboxylic acids is 1. The van der Waals surface area contributed by atoms with Crippen LogP contribution >= 0.6 is 0 Å². The SMILES string of the molecule is O=C(CC1CCCC1)NC[C@H]1[C@H]2C[C@H](CN(c3cnccn3)C2)c2cccc(=O)n21. The maximum Gasteiger partial charge on any atom is 0.251 e. The van der Waals surface area contributed by atoms with Gasteiger partial charge >= 0.3 is 0 Å². The number of nitrogens with zero attached hydrogens (tertiary/aromatic N) is 4. The maximum atomic E-state index is 12.8. The van der Waals surface area contributed by atoms with Gasteiger partial charge in [-0.3, -0.25) is 14.6 Å². The van der Waals surface area contributed by atoms with Crippen LogP contribution in [0.1, 0.15) is 56.2 Å². The fourth-order valence-electron chi connectivity index (χ4n) is 5.71. The molecule has 3 atom stereocenters. The average molecular weight is 408 g/mol. The van der Waals surface area contributed by atoms with Crippen LogP contribution in [0.25, 0.3) is 0 Å². The zero-order valence-corrected chi connectivity index (χ0v) is 17.2. The molecule has 1 aliphatic carbocycles. The minimum atomic E-state index is -0.0306.